The van der Waals surface area contributed by atoms with Crippen molar-refractivity contribution in [3.8, 4) is 11.5 Å². The molecule has 1 heterocycles. The molecule has 2 aromatic carbocycles. The van der Waals surface area contributed by atoms with Crippen LogP contribution in [0.2, 0.25) is 0 Å². The molecule has 0 unspecified atom stereocenters. The molecule has 0 bridgehead atoms. The van der Waals surface area contributed by atoms with Gasteiger partial charge in [-0.05, 0) is 31.0 Å². The van der Waals surface area contributed by atoms with Gasteiger partial charge >= 0.3 is 0 Å². The predicted octanol–water partition coefficient (Wildman–Crippen LogP) is 2.49. The molecule has 6 heteroatoms. The normalized spacial score (nSPS) is 15.0. The van der Waals surface area contributed by atoms with E-state index in [1.807, 2.05) is 30.3 Å². The fourth-order valence-corrected chi connectivity index (χ4v) is 3.88. The van der Waals surface area contributed by atoms with Gasteiger partial charge in [-0.2, -0.15) is 0 Å². The Hall–Kier alpha value is -2.57. The van der Waals surface area contributed by atoms with E-state index in [1.54, 1.807) is 14.2 Å². The Labute approximate surface area is 179 Å². The zero-order valence-corrected chi connectivity index (χ0v) is 18.3. The van der Waals surface area contributed by atoms with Crippen molar-refractivity contribution in [2.45, 2.75) is 19.9 Å². The maximum Gasteiger partial charge on any atom is 0.234 e. The van der Waals surface area contributed by atoms with Gasteiger partial charge in [-0.3, -0.25) is 14.6 Å². The summed E-state index contributed by atoms with van der Waals surface area (Å²) in [6.45, 7) is 7.75. The van der Waals surface area contributed by atoms with Crippen molar-refractivity contribution < 1.29 is 14.3 Å². The van der Waals surface area contributed by atoms with Gasteiger partial charge in [-0.15, -0.1) is 0 Å². The quantitative estimate of drug-likeness (QED) is 0.687. The third-order valence-electron chi connectivity index (χ3n) is 5.57. The number of nitrogens with one attached hydrogen (secondary N) is 1. The number of nitrogens with zero attached hydrogens (tertiary/aromatic N) is 2. The molecule has 6 nitrogen and oxygen atoms in total. The summed E-state index contributed by atoms with van der Waals surface area (Å²) >= 11 is 0. The highest BCUT2D eigenvalue weighted by molar-refractivity contribution is 5.78. The molecule has 162 valence electrons. The van der Waals surface area contributed by atoms with Crippen LogP contribution in [0.3, 0.4) is 0 Å². The average molecular weight is 412 g/mol. The lowest BCUT2D eigenvalue weighted by molar-refractivity contribution is -0.122. The molecule has 0 saturated carbocycles. The molecule has 2 aromatic rings. The number of ether oxygens (including phenoxy) is 2. The molecular formula is C24H33N3O3. The summed E-state index contributed by atoms with van der Waals surface area (Å²) in [5.41, 5.74) is 3.58. The Bertz CT molecular complexity index is 832. The largest absolute Gasteiger partial charge is 0.496 e. The van der Waals surface area contributed by atoms with Crippen LogP contribution in [0.5, 0.6) is 11.5 Å². The summed E-state index contributed by atoms with van der Waals surface area (Å²) in [6, 6.07) is 14.2. The van der Waals surface area contributed by atoms with Gasteiger partial charge in [0.25, 0.3) is 0 Å². The second-order valence-corrected chi connectivity index (χ2v) is 7.78. The molecule has 3 rings (SSSR count). The number of carbonyl (C=O) groups is 1. The third kappa shape index (κ3) is 6.21. The van der Waals surface area contributed by atoms with Crippen LogP contribution in [-0.2, 0) is 17.8 Å². The van der Waals surface area contributed by atoms with Crippen molar-refractivity contribution in [3.63, 3.8) is 0 Å². The van der Waals surface area contributed by atoms with Gasteiger partial charge in [0.15, 0.2) is 0 Å². The van der Waals surface area contributed by atoms with Crippen LogP contribution in [0, 0.1) is 6.92 Å². The standard InChI is InChI=1S/C24H33N3O3/c1-19-8-9-23(30-3)21(16-19)17-26-12-14-27(15-13-26)18-24(28)25-11-10-20-6-4-5-7-22(20)29-2/h4-9,16H,10-15,17-18H2,1-3H3,(H,25,28). The summed E-state index contributed by atoms with van der Waals surface area (Å²) < 4.78 is 10.9. The highest BCUT2D eigenvalue weighted by atomic mass is 16.5. The van der Waals surface area contributed by atoms with Gasteiger partial charge in [0.2, 0.25) is 5.91 Å². The van der Waals surface area contributed by atoms with Crippen molar-refractivity contribution in [3.05, 3.63) is 59.2 Å². The molecular weight excluding hydrogens is 378 g/mol. The molecule has 1 aliphatic heterocycles. The summed E-state index contributed by atoms with van der Waals surface area (Å²) in [7, 11) is 3.39. The minimum absolute atomic E-state index is 0.0821. The lowest BCUT2D eigenvalue weighted by Crippen LogP contribution is -2.49. The van der Waals surface area contributed by atoms with Gasteiger partial charge in [-0.1, -0.05) is 35.9 Å². The lowest BCUT2D eigenvalue weighted by atomic mass is 10.1. The van der Waals surface area contributed by atoms with E-state index < -0.39 is 0 Å². The first kappa shape index (κ1) is 22.1. The van der Waals surface area contributed by atoms with Gasteiger partial charge in [-0.25, -0.2) is 0 Å². The monoisotopic (exact) mass is 411 g/mol. The van der Waals surface area contributed by atoms with Crippen LogP contribution in [0.15, 0.2) is 42.5 Å². The van der Waals surface area contributed by atoms with Crippen LogP contribution in [-0.4, -0.2) is 69.2 Å². The van der Waals surface area contributed by atoms with Crippen molar-refractivity contribution in [2.75, 3.05) is 53.5 Å². The van der Waals surface area contributed by atoms with E-state index in [4.69, 9.17) is 9.47 Å². The first-order chi connectivity index (χ1) is 14.6. The number of hydrogen-bond acceptors (Lipinski definition) is 5. The first-order valence-corrected chi connectivity index (χ1v) is 10.6. The topological polar surface area (TPSA) is 54.0 Å². The second kappa shape index (κ2) is 11.0. The SMILES string of the molecule is COc1ccccc1CCNC(=O)CN1CCN(Cc2cc(C)ccc2OC)CC1. The van der Waals surface area contributed by atoms with E-state index in [2.05, 4.69) is 34.2 Å². The van der Waals surface area contributed by atoms with Gasteiger partial charge in [0, 0.05) is 44.8 Å². The van der Waals surface area contributed by atoms with Crippen LogP contribution in [0.1, 0.15) is 16.7 Å². The zero-order valence-electron chi connectivity index (χ0n) is 18.3. The predicted molar refractivity (Wildman–Crippen MR) is 119 cm³/mol. The van der Waals surface area contributed by atoms with Crippen LogP contribution in [0.25, 0.3) is 0 Å². The van der Waals surface area contributed by atoms with Gasteiger partial charge < -0.3 is 14.8 Å². The third-order valence-corrected chi connectivity index (χ3v) is 5.57. The molecule has 0 aromatic heterocycles. The summed E-state index contributed by atoms with van der Waals surface area (Å²) in [5, 5.41) is 3.04. The smallest absolute Gasteiger partial charge is 0.234 e. The average Bonchev–Trinajstić information content (AvgIpc) is 2.75. The fourth-order valence-electron chi connectivity index (χ4n) is 3.88. The number of methoxy groups -OCH3 is 2. The van der Waals surface area contributed by atoms with Gasteiger partial charge in [0.1, 0.15) is 11.5 Å². The van der Waals surface area contributed by atoms with Crippen LogP contribution < -0.4 is 14.8 Å². The molecule has 0 aliphatic carbocycles. The number of hydrogen-bond donors (Lipinski definition) is 1. The van der Waals surface area contributed by atoms with E-state index in [0.717, 1.165) is 56.2 Å². The van der Waals surface area contributed by atoms with Crippen molar-refractivity contribution in [1.29, 1.82) is 0 Å². The summed E-state index contributed by atoms with van der Waals surface area (Å²) in [5.74, 6) is 1.89. The van der Waals surface area contributed by atoms with E-state index in [0.29, 0.717) is 13.1 Å². The van der Waals surface area contributed by atoms with Crippen molar-refractivity contribution in [1.82, 2.24) is 15.1 Å². The van der Waals surface area contributed by atoms with Crippen molar-refractivity contribution >= 4 is 5.91 Å². The molecule has 1 aliphatic rings. The number of rotatable bonds is 9. The molecule has 0 atom stereocenters. The zero-order chi connectivity index (χ0) is 21.3. The number of benzene rings is 2. The highest BCUT2D eigenvalue weighted by Gasteiger charge is 2.20. The Morgan fingerprint density at radius 2 is 1.60 bits per heavy atom. The fraction of sp³-hybridized carbons (Fsp3) is 0.458. The maximum atomic E-state index is 12.3. The lowest BCUT2D eigenvalue weighted by Gasteiger charge is -2.34. The Balaban J connectivity index is 1.39. The van der Waals surface area contributed by atoms with E-state index in [9.17, 15) is 4.79 Å². The minimum Gasteiger partial charge on any atom is -0.496 e. The Kier molecular flexibility index (Phi) is 8.11. The highest BCUT2D eigenvalue weighted by Crippen LogP contribution is 2.22. The summed E-state index contributed by atoms with van der Waals surface area (Å²) in [6.07, 6.45) is 0.766. The molecule has 1 amide bonds. The summed E-state index contributed by atoms with van der Waals surface area (Å²) in [4.78, 5) is 17.0. The molecule has 30 heavy (non-hydrogen) atoms. The van der Waals surface area contributed by atoms with E-state index >= 15 is 0 Å². The van der Waals surface area contributed by atoms with Crippen molar-refractivity contribution in [2.24, 2.45) is 0 Å². The molecule has 0 radical (unpaired) electrons. The number of amides is 1. The van der Waals surface area contributed by atoms with Crippen LogP contribution >= 0.6 is 0 Å². The second-order valence-electron chi connectivity index (χ2n) is 7.78. The molecule has 1 saturated heterocycles. The maximum absolute atomic E-state index is 12.3. The Morgan fingerprint density at radius 3 is 2.33 bits per heavy atom. The van der Waals surface area contributed by atoms with Crippen LogP contribution in [0.4, 0.5) is 0 Å². The number of para-hydroxylation sites is 1. The number of aryl methyl sites for hydroxylation is 1. The number of piperazine rings is 1. The van der Waals surface area contributed by atoms with Gasteiger partial charge in [0.05, 0.1) is 20.8 Å². The first-order valence-electron chi connectivity index (χ1n) is 10.6. The number of carbonyl (C=O) groups excluding carboxylic acids is 1. The molecule has 1 fully saturated rings. The molecule has 0 spiro atoms. The van der Waals surface area contributed by atoms with E-state index in [1.165, 1.54) is 11.1 Å². The minimum atomic E-state index is 0.0821. The van der Waals surface area contributed by atoms with E-state index in [-0.39, 0.29) is 5.91 Å². The molecule has 1 N–H and O–H groups in total. The Morgan fingerprint density at radius 1 is 0.933 bits per heavy atom.